The molecule has 6 nitrogen and oxygen atoms in total. The highest BCUT2D eigenvalue weighted by Gasteiger charge is 2.35. The van der Waals surface area contributed by atoms with Crippen molar-refractivity contribution in [2.24, 2.45) is 0 Å². The molecule has 27 heavy (non-hydrogen) atoms. The second kappa shape index (κ2) is 7.52. The normalized spacial score (nSPS) is 22.6. The van der Waals surface area contributed by atoms with Crippen molar-refractivity contribution in [1.82, 2.24) is 9.55 Å². The fraction of sp³-hybridized carbons (Fsp3) is 0.400. The molecule has 1 aliphatic rings. The summed E-state index contributed by atoms with van der Waals surface area (Å²) in [6.07, 6.45) is 2.10. The van der Waals surface area contributed by atoms with E-state index in [1.165, 1.54) is 21.5 Å². The first-order valence-electron chi connectivity index (χ1n) is 9.15. The molecule has 2 N–H and O–H groups in total. The predicted molar refractivity (Wildman–Crippen MR) is 105 cm³/mol. The molecule has 1 saturated heterocycles. The minimum absolute atomic E-state index is 0.258. The third-order valence-electron chi connectivity index (χ3n) is 4.91. The van der Waals surface area contributed by atoms with Gasteiger partial charge in [-0.1, -0.05) is 37.6 Å². The van der Waals surface area contributed by atoms with Gasteiger partial charge in [0.1, 0.15) is 17.2 Å². The second-order valence-electron chi connectivity index (χ2n) is 6.86. The largest absolute Gasteiger partial charge is 0.394 e. The van der Waals surface area contributed by atoms with E-state index in [2.05, 4.69) is 36.2 Å². The molecule has 0 spiro atoms. The molecular formula is C20H22N2O4S. The summed E-state index contributed by atoms with van der Waals surface area (Å²) in [7, 11) is 0. The molecule has 2 aromatic heterocycles. The highest BCUT2D eigenvalue weighted by atomic mass is 32.1. The summed E-state index contributed by atoms with van der Waals surface area (Å²) in [4.78, 5) is 18.3. The fourth-order valence-corrected chi connectivity index (χ4v) is 4.45. The van der Waals surface area contributed by atoms with Gasteiger partial charge in [-0.25, -0.2) is 4.79 Å². The molecule has 0 saturated carbocycles. The quantitative estimate of drug-likeness (QED) is 0.704. The molecule has 3 heterocycles. The maximum absolute atomic E-state index is 12.4. The number of benzene rings is 1. The number of aromatic nitrogens is 2. The van der Waals surface area contributed by atoms with Crippen LogP contribution < -0.4 is 5.69 Å². The molecule has 1 fully saturated rings. The SMILES string of the molecule is CCCc1ccc(-c2cc3cn([C@H]4C[C@H](O)[C@@H](CO)O4)c(=O)nc3s2)cc1. The van der Waals surface area contributed by atoms with Crippen LogP contribution in [0, 0.1) is 0 Å². The number of hydrogen-bond donors (Lipinski definition) is 2. The average molecular weight is 386 g/mol. The lowest BCUT2D eigenvalue weighted by Gasteiger charge is -2.14. The molecular weight excluding hydrogens is 364 g/mol. The van der Waals surface area contributed by atoms with Gasteiger partial charge in [0.2, 0.25) is 0 Å². The van der Waals surface area contributed by atoms with Gasteiger partial charge in [-0.3, -0.25) is 4.57 Å². The molecule has 0 bridgehead atoms. The van der Waals surface area contributed by atoms with E-state index in [-0.39, 0.29) is 13.0 Å². The molecule has 0 aliphatic carbocycles. The zero-order chi connectivity index (χ0) is 19.0. The van der Waals surface area contributed by atoms with Crippen LogP contribution in [0.2, 0.25) is 0 Å². The lowest BCUT2D eigenvalue weighted by Crippen LogP contribution is -2.27. The first kappa shape index (κ1) is 18.3. The van der Waals surface area contributed by atoms with Crippen molar-refractivity contribution in [1.29, 1.82) is 0 Å². The predicted octanol–water partition coefficient (Wildman–Crippen LogP) is 2.72. The van der Waals surface area contributed by atoms with Crippen LogP contribution in [0.25, 0.3) is 20.7 Å². The van der Waals surface area contributed by atoms with Crippen molar-refractivity contribution in [3.05, 3.63) is 52.6 Å². The molecule has 7 heteroatoms. The Balaban J connectivity index is 1.66. The average Bonchev–Trinajstić information content (AvgIpc) is 3.24. The van der Waals surface area contributed by atoms with E-state index in [9.17, 15) is 15.0 Å². The maximum atomic E-state index is 12.4. The monoisotopic (exact) mass is 386 g/mol. The minimum Gasteiger partial charge on any atom is -0.394 e. The van der Waals surface area contributed by atoms with Crippen molar-refractivity contribution in [3.8, 4) is 10.4 Å². The van der Waals surface area contributed by atoms with Gasteiger partial charge in [0.15, 0.2) is 0 Å². The van der Waals surface area contributed by atoms with Crippen LogP contribution in [0.5, 0.6) is 0 Å². The lowest BCUT2D eigenvalue weighted by molar-refractivity contribution is -0.0457. The Hall–Kier alpha value is -2.06. The van der Waals surface area contributed by atoms with Crippen LogP contribution in [0.15, 0.2) is 41.3 Å². The van der Waals surface area contributed by atoms with Crippen LogP contribution in [0.4, 0.5) is 0 Å². The molecule has 1 aliphatic heterocycles. The van der Waals surface area contributed by atoms with E-state index in [1.807, 2.05) is 6.07 Å². The first-order chi connectivity index (χ1) is 13.1. The number of aliphatic hydroxyl groups is 2. The van der Waals surface area contributed by atoms with Gasteiger partial charge in [0.25, 0.3) is 0 Å². The van der Waals surface area contributed by atoms with E-state index in [4.69, 9.17) is 4.74 Å². The summed E-state index contributed by atoms with van der Waals surface area (Å²) >= 11 is 1.49. The van der Waals surface area contributed by atoms with E-state index < -0.39 is 24.1 Å². The third-order valence-corrected chi connectivity index (χ3v) is 6.00. The van der Waals surface area contributed by atoms with Crippen molar-refractivity contribution in [2.45, 2.75) is 44.6 Å². The van der Waals surface area contributed by atoms with Crippen LogP contribution in [0.1, 0.15) is 31.6 Å². The Bertz CT molecular complexity index is 995. The van der Waals surface area contributed by atoms with Gasteiger partial charge in [-0.2, -0.15) is 4.98 Å². The molecule has 142 valence electrons. The van der Waals surface area contributed by atoms with Crippen LogP contribution >= 0.6 is 11.3 Å². The summed E-state index contributed by atoms with van der Waals surface area (Å²) in [6.45, 7) is 1.88. The zero-order valence-corrected chi connectivity index (χ0v) is 15.9. The Kier molecular flexibility index (Phi) is 5.10. The standard InChI is InChI=1S/C20H22N2O4S/c1-2-3-12-4-6-13(7-5-12)17-8-14-10-22(20(25)21-19(14)27-17)18-9-15(24)16(11-23)26-18/h4-8,10,15-16,18,23-24H,2-3,9,11H2,1H3/t15-,16+,18+/m0/s1. The Morgan fingerprint density at radius 3 is 2.78 bits per heavy atom. The topological polar surface area (TPSA) is 84.6 Å². The lowest BCUT2D eigenvalue weighted by atomic mass is 10.1. The Labute approximate surface area is 160 Å². The van der Waals surface area contributed by atoms with E-state index >= 15 is 0 Å². The van der Waals surface area contributed by atoms with Gasteiger partial charge in [0.05, 0.1) is 12.7 Å². The van der Waals surface area contributed by atoms with Gasteiger partial charge < -0.3 is 14.9 Å². The van der Waals surface area contributed by atoms with E-state index in [1.54, 1.807) is 6.20 Å². The highest BCUT2D eigenvalue weighted by molar-refractivity contribution is 7.21. The number of nitrogens with zero attached hydrogens (tertiary/aromatic N) is 2. The molecule has 3 aromatic rings. The number of aryl methyl sites for hydroxylation is 1. The number of ether oxygens (including phenoxy) is 1. The zero-order valence-electron chi connectivity index (χ0n) is 15.0. The number of aliphatic hydroxyl groups excluding tert-OH is 2. The van der Waals surface area contributed by atoms with Gasteiger partial charge in [-0.05, 0) is 23.6 Å². The van der Waals surface area contributed by atoms with Crippen molar-refractivity contribution < 1.29 is 14.9 Å². The summed E-state index contributed by atoms with van der Waals surface area (Å²) in [5.74, 6) is 0. The summed E-state index contributed by atoms with van der Waals surface area (Å²) in [6, 6.07) is 10.5. The second-order valence-corrected chi connectivity index (χ2v) is 7.89. The molecule has 4 rings (SSSR count). The minimum atomic E-state index is -0.790. The maximum Gasteiger partial charge on any atom is 0.351 e. The highest BCUT2D eigenvalue weighted by Crippen LogP contribution is 2.33. The molecule has 0 amide bonds. The summed E-state index contributed by atoms with van der Waals surface area (Å²) in [5.41, 5.74) is 2.00. The number of rotatable bonds is 5. The molecule has 0 radical (unpaired) electrons. The Morgan fingerprint density at radius 1 is 1.33 bits per heavy atom. The van der Waals surface area contributed by atoms with Crippen molar-refractivity contribution in [3.63, 3.8) is 0 Å². The van der Waals surface area contributed by atoms with E-state index in [0.717, 1.165) is 28.7 Å². The molecule has 0 unspecified atom stereocenters. The van der Waals surface area contributed by atoms with Crippen LogP contribution in [-0.2, 0) is 11.2 Å². The van der Waals surface area contributed by atoms with E-state index in [0.29, 0.717) is 4.83 Å². The van der Waals surface area contributed by atoms with Crippen LogP contribution in [0.3, 0.4) is 0 Å². The van der Waals surface area contributed by atoms with Gasteiger partial charge >= 0.3 is 5.69 Å². The molecule has 1 aromatic carbocycles. The van der Waals surface area contributed by atoms with Crippen molar-refractivity contribution >= 4 is 21.6 Å². The summed E-state index contributed by atoms with van der Waals surface area (Å²) < 4.78 is 7.00. The van der Waals surface area contributed by atoms with Gasteiger partial charge in [-0.15, -0.1) is 11.3 Å². The van der Waals surface area contributed by atoms with Crippen molar-refractivity contribution in [2.75, 3.05) is 6.61 Å². The Morgan fingerprint density at radius 2 is 2.11 bits per heavy atom. The summed E-state index contributed by atoms with van der Waals surface area (Å²) in [5, 5.41) is 20.0. The molecule has 3 atom stereocenters. The fourth-order valence-electron chi connectivity index (χ4n) is 3.45. The number of fused-ring (bicyclic) bond motifs is 1. The third kappa shape index (κ3) is 3.55. The first-order valence-corrected chi connectivity index (χ1v) is 9.97. The smallest absolute Gasteiger partial charge is 0.351 e. The van der Waals surface area contributed by atoms with Crippen LogP contribution in [-0.4, -0.2) is 38.6 Å². The number of hydrogen-bond acceptors (Lipinski definition) is 6. The number of thiophene rings is 1. The van der Waals surface area contributed by atoms with Gasteiger partial charge in [0, 0.05) is 22.9 Å².